The number of hydrogen-bond donors (Lipinski definition) is 0. The molecule has 0 saturated heterocycles. The van der Waals surface area contributed by atoms with Crippen LogP contribution in [-0.2, 0) is 38.1 Å². The molecule has 64 heavy (non-hydrogen) atoms. The summed E-state index contributed by atoms with van der Waals surface area (Å²) < 4.78 is 42.7. The molecule has 15 nitrogen and oxygen atoms in total. The number of benzene rings is 3. The monoisotopic (exact) mass is 886 g/mol. The highest BCUT2D eigenvalue weighted by atomic mass is 16.6. The van der Waals surface area contributed by atoms with Crippen LogP contribution in [0.3, 0.4) is 0 Å². The molecular weight excluding hydrogens is 829 g/mol. The van der Waals surface area contributed by atoms with Crippen LogP contribution in [0.25, 0.3) is 0 Å². The second-order valence-corrected chi connectivity index (χ2v) is 14.3. The van der Waals surface area contributed by atoms with Crippen molar-refractivity contribution in [2.75, 3.05) is 39.6 Å². The third-order valence-corrected chi connectivity index (χ3v) is 9.20. The van der Waals surface area contributed by atoms with Gasteiger partial charge in [0.2, 0.25) is 0 Å². The molecule has 0 aliphatic carbocycles. The molecule has 15 heteroatoms. The molecule has 0 amide bonds. The lowest BCUT2D eigenvalue weighted by molar-refractivity contribution is -0.138. The van der Waals surface area contributed by atoms with Crippen LogP contribution in [0.2, 0.25) is 0 Å². The van der Waals surface area contributed by atoms with Crippen molar-refractivity contribution < 1.29 is 71.5 Å². The average molecular weight is 887 g/mol. The Kier molecular flexibility index (Phi) is 25.1. The van der Waals surface area contributed by atoms with Crippen molar-refractivity contribution in [3.63, 3.8) is 0 Å². The van der Waals surface area contributed by atoms with Gasteiger partial charge in [0.15, 0.2) is 6.29 Å². The Morgan fingerprint density at radius 2 is 0.844 bits per heavy atom. The van der Waals surface area contributed by atoms with Gasteiger partial charge in [-0.15, -0.1) is 0 Å². The van der Waals surface area contributed by atoms with Crippen molar-refractivity contribution in [2.45, 2.75) is 89.9 Å². The molecule has 3 aromatic carbocycles. The summed E-state index contributed by atoms with van der Waals surface area (Å²) in [6.45, 7) is 8.60. The van der Waals surface area contributed by atoms with Crippen LogP contribution in [0.4, 0.5) is 0 Å². The van der Waals surface area contributed by atoms with E-state index in [4.69, 9.17) is 37.9 Å². The minimum Gasteiger partial charge on any atom is -0.494 e. The first-order valence-corrected chi connectivity index (χ1v) is 21.5. The molecule has 0 bridgehead atoms. The normalized spacial score (nSPS) is 10.4. The fourth-order valence-corrected chi connectivity index (χ4v) is 5.74. The standard InChI is InChI=1S/C49H58O15/c1-3-44(51)59-31-13-7-5-11-29-57-39-21-19-37(20-22-39)48(55)61-33-15-9-18-47(54)64-42-27-28-43(38(35-42)36-50)49(56)62-34-16-10-17-46(53)63-41-25-23-40(24-26-41)58-30-12-6-8-14-32-60-45(52)4-2/h3-4,19-28,35-36H,1-2,5-18,29-34H2. The number of aldehydes is 1. The molecule has 0 spiro atoms. The summed E-state index contributed by atoms with van der Waals surface area (Å²) in [4.78, 5) is 83.7. The quantitative estimate of drug-likeness (QED) is 0.0141. The maximum absolute atomic E-state index is 12.7. The van der Waals surface area contributed by atoms with Gasteiger partial charge in [0, 0.05) is 30.6 Å². The van der Waals surface area contributed by atoms with E-state index in [-0.39, 0.29) is 42.9 Å². The van der Waals surface area contributed by atoms with E-state index in [9.17, 15) is 33.6 Å². The van der Waals surface area contributed by atoms with Gasteiger partial charge in [0.05, 0.1) is 50.8 Å². The average Bonchev–Trinajstić information content (AvgIpc) is 3.30. The van der Waals surface area contributed by atoms with Gasteiger partial charge in [0.1, 0.15) is 23.0 Å². The number of esters is 6. The number of hydrogen-bond acceptors (Lipinski definition) is 15. The number of ether oxygens (including phenoxy) is 8. The van der Waals surface area contributed by atoms with Crippen molar-refractivity contribution in [1.82, 2.24) is 0 Å². The Hall–Kier alpha value is -6.77. The molecule has 0 atom stereocenters. The largest absolute Gasteiger partial charge is 0.494 e. The third kappa shape index (κ3) is 21.8. The molecule has 0 saturated carbocycles. The fraction of sp³-hybridized carbons (Fsp3) is 0.408. The van der Waals surface area contributed by atoms with Gasteiger partial charge < -0.3 is 37.9 Å². The molecule has 344 valence electrons. The maximum Gasteiger partial charge on any atom is 0.338 e. The maximum atomic E-state index is 12.7. The van der Waals surface area contributed by atoms with Crippen LogP contribution in [0.15, 0.2) is 92.0 Å². The topological polar surface area (TPSA) is 193 Å². The summed E-state index contributed by atoms with van der Waals surface area (Å²) in [5.74, 6) is -1.34. The smallest absolute Gasteiger partial charge is 0.338 e. The predicted octanol–water partition coefficient (Wildman–Crippen LogP) is 8.70. The van der Waals surface area contributed by atoms with Crippen molar-refractivity contribution in [3.05, 3.63) is 109 Å². The van der Waals surface area contributed by atoms with Gasteiger partial charge in [-0.3, -0.25) is 14.4 Å². The Labute approximate surface area is 374 Å². The minimum absolute atomic E-state index is 0.00308. The van der Waals surface area contributed by atoms with E-state index in [1.165, 1.54) is 18.2 Å². The van der Waals surface area contributed by atoms with E-state index in [0.717, 1.165) is 63.5 Å². The van der Waals surface area contributed by atoms with E-state index in [1.807, 2.05) is 0 Å². The zero-order chi connectivity index (χ0) is 46.2. The Bertz CT molecular complexity index is 1950. The zero-order valence-electron chi connectivity index (χ0n) is 36.3. The lowest BCUT2D eigenvalue weighted by Crippen LogP contribution is -2.12. The van der Waals surface area contributed by atoms with Gasteiger partial charge in [-0.1, -0.05) is 13.2 Å². The summed E-state index contributed by atoms with van der Waals surface area (Å²) in [7, 11) is 0. The molecule has 0 N–H and O–H groups in total. The number of carbonyl (C=O) groups is 7. The molecule has 0 aromatic heterocycles. The molecule has 0 fully saturated rings. The number of carbonyl (C=O) groups excluding carboxylic acids is 7. The zero-order valence-corrected chi connectivity index (χ0v) is 36.3. The van der Waals surface area contributed by atoms with Crippen molar-refractivity contribution in [2.24, 2.45) is 0 Å². The van der Waals surface area contributed by atoms with Crippen molar-refractivity contribution in [1.29, 1.82) is 0 Å². The molecule has 3 rings (SSSR count). The fourth-order valence-electron chi connectivity index (χ4n) is 5.74. The van der Waals surface area contributed by atoms with E-state index in [1.54, 1.807) is 48.5 Å². The molecule has 0 unspecified atom stereocenters. The summed E-state index contributed by atoms with van der Waals surface area (Å²) >= 11 is 0. The third-order valence-electron chi connectivity index (χ3n) is 9.20. The molecule has 3 aromatic rings. The van der Waals surface area contributed by atoms with Crippen LogP contribution in [0, 0.1) is 0 Å². The van der Waals surface area contributed by atoms with E-state index < -0.39 is 35.8 Å². The van der Waals surface area contributed by atoms with E-state index in [0.29, 0.717) is 81.2 Å². The Balaban J connectivity index is 1.23. The van der Waals surface area contributed by atoms with Crippen LogP contribution >= 0.6 is 0 Å². The van der Waals surface area contributed by atoms with Crippen LogP contribution in [0.1, 0.15) is 121 Å². The van der Waals surface area contributed by atoms with Gasteiger partial charge in [-0.05, 0) is 144 Å². The first kappa shape index (κ1) is 51.6. The summed E-state index contributed by atoms with van der Waals surface area (Å²) in [5.41, 5.74) is 0.356. The summed E-state index contributed by atoms with van der Waals surface area (Å²) in [6.07, 6.45) is 11.4. The SMILES string of the molecule is C=CC(=O)OCCCCCCOc1ccc(OC(=O)CCCCOC(=O)c2ccc(OC(=O)CCCCOC(=O)c3ccc(OCCCCCCOC(=O)C=C)cc3)cc2C=O)cc1. The minimum atomic E-state index is -0.736. The second kappa shape index (κ2) is 31.1. The highest BCUT2D eigenvalue weighted by molar-refractivity contribution is 5.98. The van der Waals surface area contributed by atoms with Crippen LogP contribution < -0.4 is 18.9 Å². The van der Waals surface area contributed by atoms with Crippen molar-refractivity contribution in [3.8, 4) is 23.0 Å². The van der Waals surface area contributed by atoms with Crippen LogP contribution in [-0.4, -0.2) is 81.7 Å². The lowest BCUT2D eigenvalue weighted by Gasteiger charge is -2.10. The molecule has 0 radical (unpaired) electrons. The predicted molar refractivity (Wildman–Crippen MR) is 234 cm³/mol. The van der Waals surface area contributed by atoms with Gasteiger partial charge in [-0.25, -0.2) is 19.2 Å². The molecule has 0 heterocycles. The second-order valence-electron chi connectivity index (χ2n) is 14.3. The lowest BCUT2D eigenvalue weighted by atomic mass is 10.1. The highest BCUT2D eigenvalue weighted by Gasteiger charge is 2.16. The summed E-state index contributed by atoms with van der Waals surface area (Å²) in [5, 5.41) is 0. The van der Waals surface area contributed by atoms with Gasteiger partial charge in [-0.2, -0.15) is 0 Å². The first-order chi connectivity index (χ1) is 31.1. The highest BCUT2D eigenvalue weighted by Crippen LogP contribution is 2.21. The van der Waals surface area contributed by atoms with Crippen LogP contribution in [0.5, 0.6) is 23.0 Å². The first-order valence-electron chi connectivity index (χ1n) is 21.5. The number of rotatable bonds is 33. The van der Waals surface area contributed by atoms with Gasteiger partial charge >= 0.3 is 35.8 Å². The molecule has 0 aliphatic rings. The molecule has 0 aliphatic heterocycles. The van der Waals surface area contributed by atoms with E-state index in [2.05, 4.69) is 13.2 Å². The Morgan fingerprint density at radius 1 is 0.438 bits per heavy atom. The summed E-state index contributed by atoms with van der Waals surface area (Å²) in [6, 6.07) is 17.3. The van der Waals surface area contributed by atoms with Gasteiger partial charge in [0.25, 0.3) is 0 Å². The van der Waals surface area contributed by atoms with Crippen molar-refractivity contribution >= 4 is 42.1 Å². The van der Waals surface area contributed by atoms with E-state index >= 15 is 0 Å². The molecular formula is C49H58O15. The number of unbranched alkanes of at least 4 members (excludes halogenated alkanes) is 8. The Morgan fingerprint density at radius 3 is 1.34 bits per heavy atom.